The number of nitrogens with two attached hydrogens (primary N) is 1. The van der Waals surface area contributed by atoms with Crippen molar-refractivity contribution in [3.8, 4) is 5.75 Å². The zero-order chi connectivity index (χ0) is 13.2. The van der Waals surface area contributed by atoms with Crippen molar-refractivity contribution >= 4 is 0 Å². The van der Waals surface area contributed by atoms with Crippen molar-refractivity contribution in [2.45, 2.75) is 32.6 Å². The molecule has 0 spiro atoms. The third kappa shape index (κ3) is 2.51. The molecule has 3 heteroatoms. The van der Waals surface area contributed by atoms with E-state index < -0.39 is 0 Å². The van der Waals surface area contributed by atoms with E-state index in [-0.39, 0.29) is 11.2 Å². The van der Waals surface area contributed by atoms with Gasteiger partial charge in [0, 0.05) is 0 Å². The van der Waals surface area contributed by atoms with Gasteiger partial charge in [0.05, 0.1) is 7.11 Å². The minimum absolute atomic E-state index is 0.0760. The average molecular weight is 251 g/mol. The number of halogens is 1. The third-order valence-electron chi connectivity index (χ3n) is 4.21. The van der Waals surface area contributed by atoms with Crippen LogP contribution >= 0.6 is 0 Å². The lowest BCUT2D eigenvalue weighted by Gasteiger charge is -2.28. The fourth-order valence-electron chi connectivity index (χ4n) is 3.17. The second kappa shape index (κ2) is 5.27. The topological polar surface area (TPSA) is 35.2 Å². The van der Waals surface area contributed by atoms with Crippen LogP contribution < -0.4 is 10.5 Å². The SMILES string of the molecule is COc1cccc(CC2(CN)CCC(C)C2)c1F. The first-order valence-electron chi connectivity index (χ1n) is 6.62. The summed E-state index contributed by atoms with van der Waals surface area (Å²) in [6.07, 6.45) is 4.11. The molecule has 2 unspecified atom stereocenters. The summed E-state index contributed by atoms with van der Waals surface area (Å²) in [6.45, 7) is 2.88. The predicted octanol–water partition coefficient (Wildman–Crippen LogP) is 3.14. The minimum atomic E-state index is -0.229. The molecule has 0 bridgehead atoms. The van der Waals surface area contributed by atoms with E-state index in [4.69, 9.17) is 10.5 Å². The number of methoxy groups -OCH3 is 1. The molecule has 100 valence electrons. The van der Waals surface area contributed by atoms with E-state index >= 15 is 0 Å². The molecule has 0 aliphatic heterocycles. The molecule has 0 amide bonds. The Hall–Kier alpha value is -1.09. The number of benzene rings is 1. The number of hydrogen-bond donors (Lipinski definition) is 1. The summed E-state index contributed by atoms with van der Waals surface area (Å²) in [7, 11) is 1.50. The van der Waals surface area contributed by atoms with Crippen molar-refractivity contribution in [1.82, 2.24) is 0 Å². The van der Waals surface area contributed by atoms with Gasteiger partial charge in [-0.1, -0.05) is 25.5 Å². The molecule has 2 N–H and O–H groups in total. The maximum absolute atomic E-state index is 14.2. The van der Waals surface area contributed by atoms with Crippen LogP contribution in [0, 0.1) is 17.2 Å². The Morgan fingerprint density at radius 3 is 2.83 bits per heavy atom. The molecule has 18 heavy (non-hydrogen) atoms. The molecule has 1 aromatic carbocycles. The largest absolute Gasteiger partial charge is 0.494 e. The van der Waals surface area contributed by atoms with Gasteiger partial charge in [-0.2, -0.15) is 0 Å². The first-order chi connectivity index (χ1) is 8.60. The summed E-state index contributed by atoms with van der Waals surface area (Å²) in [5, 5.41) is 0. The van der Waals surface area contributed by atoms with Crippen LogP contribution in [0.5, 0.6) is 5.75 Å². The summed E-state index contributed by atoms with van der Waals surface area (Å²) in [4.78, 5) is 0. The monoisotopic (exact) mass is 251 g/mol. The standard InChI is InChI=1S/C15H22FNO/c1-11-6-7-15(8-11,10-17)9-12-4-3-5-13(18-2)14(12)16/h3-5,11H,6-10,17H2,1-2H3. The van der Waals surface area contributed by atoms with Crippen molar-refractivity contribution in [3.05, 3.63) is 29.6 Å². The van der Waals surface area contributed by atoms with Crippen LogP contribution in [0.3, 0.4) is 0 Å². The fourth-order valence-corrected chi connectivity index (χ4v) is 3.17. The summed E-state index contributed by atoms with van der Waals surface area (Å²) in [5.41, 5.74) is 6.75. The van der Waals surface area contributed by atoms with Gasteiger partial charge < -0.3 is 10.5 Å². The molecular weight excluding hydrogens is 229 g/mol. The Balaban J connectivity index is 2.23. The molecule has 0 saturated heterocycles. The molecule has 2 nitrogen and oxygen atoms in total. The molecule has 1 aliphatic carbocycles. The normalized spacial score (nSPS) is 27.4. The van der Waals surface area contributed by atoms with Crippen LogP contribution in [0.15, 0.2) is 18.2 Å². The van der Waals surface area contributed by atoms with Gasteiger partial charge in [0.1, 0.15) is 0 Å². The Kier molecular flexibility index (Phi) is 3.91. The highest BCUT2D eigenvalue weighted by Crippen LogP contribution is 2.44. The van der Waals surface area contributed by atoms with Crippen molar-refractivity contribution in [1.29, 1.82) is 0 Å². The van der Waals surface area contributed by atoms with Crippen LogP contribution in [0.25, 0.3) is 0 Å². The van der Waals surface area contributed by atoms with E-state index in [1.807, 2.05) is 12.1 Å². The first-order valence-corrected chi connectivity index (χ1v) is 6.62. The van der Waals surface area contributed by atoms with E-state index in [9.17, 15) is 4.39 Å². The highest BCUT2D eigenvalue weighted by molar-refractivity contribution is 5.32. The number of hydrogen-bond acceptors (Lipinski definition) is 2. The smallest absolute Gasteiger partial charge is 0.168 e. The Morgan fingerprint density at radius 2 is 2.28 bits per heavy atom. The number of ether oxygens (including phenoxy) is 1. The predicted molar refractivity (Wildman–Crippen MR) is 71.2 cm³/mol. The van der Waals surface area contributed by atoms with Crippen LogP contribution in [0.2, 0.25) is 0 Å². The molecule has 2 atom stereocenters. The summed E-state index contributed by atoms with van der Waals surface area (Å²) in [6, 6.07) is 5.35. The molecule has 1 saturated carbocycles. The van der Waals surface area contributed by atoms with Gasteiger partial charge in [0.2, 0.25) is 0 Å². The highest BCUT2D eigenvalue weighted by atomic mass is 19.1. The molecule has 2 rings (SSSR count). The van der Waals surface area contributed by atoms with Gasteiger partial charge in [-0.05, 0) is 48.8 Å². The molecule has 1 fully saturated rings. The minimum Gasteiger partial charge on any atom is -0.494 e. The molecule has 0 radical (unpaired) electrons. The van der Waals surface area contributed by atoms with Gasteiger partial charge in [0.15, 0.2) is 11.6 Å². The van der Waals surface area contributed by atoms with Gasteiger partial charge in [-0.15, -0.1) is 0 Å². The van der Waals surface area contributed by atoms with Crippen molar-refractivity contribution in [2.24, 2.45) is 17.1 Å². The molecular formula is C15H22FNO. The van der Waals surface area contributed by atoms with E-state index in [0.717, 1.165) is 24.8 Å². The van der Waals surface area contributed by atoms with E-state index in [1.165, 1.54) is 13.5 Å². The Labute approximate surface area is 108 Å². The summed E-state index contributed by atoms with van der Waals surface area (Å²) in [5.74, 6) is 0.792. The lowest BCUT2D eigenvalue weighted by atomic mass is 9.79. The van der Waals surface area contributed by atoms with E-state index in [1.54, 1.807) is 6.07 Å². The molecule has 1 aliphatic rings. The second-order valence-electron chi connectivity index (χ2n) is 5.66. The molecule has 0 heterocycles. The maximum Gasteiger partial charge on any atom is 0.168 e. The molecule has 1 aromatic rings. The lowest BCUT2D eigenvalue weighted by Crippen LogP contribution is -2.30. The van der Waals surface area contributed by atoms with Crippen LogP contribution in [0.4, 0.5) is 4.39 Å². The van der Waals surface area contributed by atoms with E-state index in [0.29, 0.717) is 18.2 Å². The maximum atomic E-state index is 14.2. The van der Waals surface area contributed by atoms with Crippen molar-refractivity contribution in [2.75, 3.05) is 13.7 Å². The van der Waals surface area contributed by atoms with Gasteiger partial charge in [0.25, 0.3) is 0 Å². The third-order valence-corrected chi connectivity index (χ3v) is 4.21. The number of rotatable bonds is 4. The van der Waals surface area contributed by atoms with Gasteiger partial charge in [-0.25, -0.2) is 4.39 Å². The van der Waals surface area contributed by atoms with Crippen molar-refractivity contribution < 1.29 is 9.13 Å². The fraction of sp³-hybridized carbons (Fsp3) is 0.600. The van der Waals surface area contributed by atoms with Gasteiger partial charge in [-0.3, -0.25) is 0 Å². The quantitative estimate of drug-likeness (QED) is 0.892. The van der Waals surface area contributed by atoms with Gasteiger partial charge >= 0.3 is 0 Å². The van der Waals surface area contributed by atoms with Crippen LogP contribution in [-0.4, -0.2) is 13.7 Å². The summed E-state index contributed by atoms with van der Waals surface area (Å²) >= 11 is 0. The summed E-state index contributed by atoms with van der Waals surface area (Å²) < 4.78 is 19.2. The zero-order valence-corrected chi connectivity index (χ0v) is 11.2. The van der Waals surface area contributed by atoms with Crippen LogP contribution in [0.1, 0.15) is 31.7 Å². The molecule has 0 aromatic heterocycles. The highest BCUT2D eigenvalue weighted by Gasteiger charge is 2.37. The zero-order valence-electron chi connectivity index (χ0n) is 11.2. The average Bonchev–Trinajstić information content (AvgIpc) is 2.74. The Morgan fingerprint density at radius 1 is 1.50 bits per heavy atom. The van der Waals surface area contributed by atoms with E-state index in [2.05, 4.69) is 6.92 Å². The lowest BCUT2D eigenvalue weighted by molar-refractivity contribution is 0.289. The Bertz CT molecular complexity index is 421. The first kappa shape index (κ1) is 13.3. The second-order valence-corrected chi connectivity index (χ2v) is 5.66. The van der Waals surface area contributed by atoms with Crippen LogP contribution in [-0.2, 0) is 6.42 Å². The van der Waals surface area contributed by atoms with Crippen molar-refractivity contribution in [3.63, 3.8) is 0 Å².